The maximum Gasteiger partial charge on any atom is 0.148 e. The molecule has 20 heavy (non-hydrogen) atoms. The predicted molar refractivity (Wildman–Crippen MR) is 81.9 cm³/mol. The van der Waals surface area contributed by atoms with E-state index in [1.165, 1.54) is 12.8 Å². The Kier molecular flexibility index (Phi) is 4.86. The van der Waals surface area contributed by atoms with Gasteiger partial charge in [-0.2, -0.15) is 0 Å². The molecular weight excluding hydrogens is 255 g/mol. The van der Waals surface area contributed by atoms with Gasteiger partial charge < -0.3 is 15.0 Å². The highest BCUT2D eigenvalue weighted by molar-refractivity contribution is 5.56. The second kappa shape index (κ2) is 6.44. The minimum Gasteiger partial charge on any atom is -0.383 e. The Bertz CT molecular complexity index is 446. The minimum absolute atomic E-state index is 0.182. The Morgan fingerprint density at radius 1 is 1.40 bits per heavy atom. The van der Waals surface area contributed by atoms with Crippen LogP contribution in [0, 0.1) is 11.7 Å². The van der Waals surface area contributed by atoms with Gasteiger partial charge in [-0.25, -0.2) is 4.39 Å². The lowest BCUT2D eigenvalue weighted by molar-refractivity contribution is 0.179. The fourth-order valence-electron chi connectivity index (χ4n) is 2.35. The van der Waals surface area contributed by atoms with Gasteiger partial charge in [-0.1, -0.05) is 0 Å². The van der Waals surface area contributed by atoms with Crippen molar-refractivity contribution in [2.24, 2.45) is 5.92 Å². The maximum atomic E-state index is 14.2. The summed E-state index contributed by atoms with van der Waals surface area (Å²) in [4.78, 5) is 1.94. The van der Waals surface area contributed by atoms with Crippen molar-refractivity contribution in [1.29, 1.82) is 0 Å². The molecule has 0 radical (unpaired) electrons. The number of benzene rings is 1. The van der Waals surface area contributed by atoms with E-state index in [0.29, 0.717) is 18.2 Å². The molecule has 1 aliphatic rings. The van der Waals surface area contributed by atoms with Crippen molar-refractivity contribution in [2.75, 3.05) is 31.0 Å². The van der Waals surface area contributed by atoms with E-state index in [1.807, 2.05) is 37.9 Å². The van der Waals surface area contributed by atoms with E-state index in [1.54, 1.807) is 13.2 Å². The summed E-state index contributed by atoms with van der Waals surface area (Å²) in [6.45, 7) is 4.76. The molecule has 0 heterocycles. The lowest BCUT2D eigenvalue weighted by Gasteiger charge is -2.25. The molecule has 3 nitrogen and oxygen atoms in total. The van der Waals surface area contributed by atoms with Crippen LogP contribution in [0.4, 0.5) is 15.8 Å². The monoisotopic (exact) mass is 280 g/mol. The molecule has 112 valence electrons. The van der Waals surface area contributed by atoms with Crippen LogP contribution in [0.15, 0.2) is 18.2 Å². The van der Waals surface area contributed by atoms with Gasteiger partial charge in [0.2, 0.25) is 0 Å². The maximum absolute atomic E-state index is 14.2. The molecule has 1 saturated carbocycles. The third kappa shape index (κ3) is 3.63. The molecule has 1 aromatic carbocycles. The first-order chi connectivity index (χ1) is 9.52. The van der Waals surface area contributed by atoms with Crippen LogP contribution in [-0.4, -0.2) is 32.8 Å². The Morgan fingerprint density at radius 3 is 2.60 bits per heavy atom. The first-order valence-corrected chi connectivity index (χ1v) is 7.30. The number of anilines is 2. The van der Waals surface area contributed by atoms with Crippen LogP contribution in [0.1, 0.15) is 26.7 Å². The zero-order chi connectivity index (χ0) is 14.7. The van der Waals surface area contributed by atoms with Crippen molar-refractivity contribution in [3.8, 4) is 0 Å². The fourth-order valence-corrected chi connectivity index (χ4v) is 2.35. The highest BCUT2D eigenvalue weighted by Crippen LogP contribution is 2.35. The fraction of sp³-hybridized carbons (Fsp3) is 0.625. The van der Waals surface area contributed by atoms with Crippen molar-refractivity contribution < 1.29 is 9.13 Å². The summed E-state index contributed by atoms with van der Waals surface area (Å²) < 4.78 is 19.4. The van der Waals surface area contributed by atoms with Crippen molar-refractivity contribution in [1.82, 2.24) is 0 Å². The highest BCUT2D eigenvalue weighted by Gasteiger charge is 2.31. The predicted octanol–water partition coefficient (Wildman–Crippen LogP) is 3.51. The normalized spacial score (nSPS) is 16.3. The molecule has 0 aromatic heterocycles. The molecular formula is C16H25FN2O. The van der Waals surface area contributed by atoms with Crippen molar-refractivity contribution in [2.45, 2.75) is 38.8 Å². The summed E-state index contributed by atoms with van der Waals surface area (Å²) in [5.41, 5.74) is 1.47. The highest BCUT2D eigenvalue weighted by atomic mass is 19.1. The molecule has 0 bridgehead atoms. The molecule has 1 unspecified atom stereocenters. The van der Waals surface area contributed by atoms with Crippen molar-refractivity contribution in [3.63, 3.8) is 0 Å². The minimum atomic E-state index is -0.182. The van der Waals surface area contributed by atoms with E-state index in [9.17, 15) is 4.39 Å². The summed E-state index contributed by atoms with van der Waals surface area (Å²) >= 11 is 0. The van der Waals surface area contributed by atoms with Crippen molar-refractivity contribution >= 4 is 11.4 Å². The van der Waals surface area contributed by atoms with E-state index in [0.717, 1.165) is 5.69 Å². The number of rotatable bonds is 7. The number of nitrogens with zero attached hydrogens (tertiary/aromatic N) is 1. The number of hydrogen-bond acceptors (Lipinski definition) is 3. The summed E-state index contributed by atoms with van der Waals surface area (Å²) in [6.07, 6.45) is 2.47. The van der Waals surface area contributed by atoms with Crippen LogP contribution in [0.3, 0.4) is 0 Å². The number of halogens is 1. The summed E-state index contributed by atoms with van der Waals surface area (Å²) in [5, 5.41) is 3.39. The Labute approximate surface area is 121 Å². The third-order valence-electron chi connectivity index (χ3n) is 3.99. The Morgan fingerprint density at radius 2 is 2.10 bits per heavy atom. The Hall–Kier alpha value is -1.29. The van der Waals surface area contributed by atoms with E-state index in [-0.39, 0.29) is 17.9 Å². The zero-order valence-corrected chi connectivity index (χ0v) is 12.8. The standard InChI is InChI=1S/C16H25FN2O/c1-11(2)19(3)16-8-7-13(9-14(16)17)18-15(10-20-4)12-5-6-12/h7-9,11-12,15,18H,5-6,10H2,1-4H3. The summed E-state index contributed by atoms with van der Waals surface area (Å²) in [5.74, 6) is 0.481. The number of ether oxygens (including phenoxy) is 1. The van der Waals surface area contributed by atoms with Gasteiger partial charge in [0, 0.05) is 25.9 Å². The molecule has 1 atom stereocenters. The smallest absolute Gasteiger partial charge is 0.148 e. The van der Waals surface area contributed by atoms with E-state index in [4.69, 9.17) is 4.74 Å². The first kappa shape index (κ1) is 15.1. The number of hydrogen-bond donors (Lipinski definition) is 1. The van der Waals surface area contributed by atoms with Crippen LogP contribution in [0.2, 0.25) is 0 Å². The molecule has 1 aliphatic carbocycles. The zero-order valence-electron chi connectivity index (χ0n) is 12.8. The van der Waals surface area contributed by atoms with Crippen LogP contribution >= 0.6 is 0 Å². The van der Waals surface area contributed by atoms with Crippen LogP contribution in [0.5, 0.6) is 0 Å². The number of methoxy groups -OCH3 is 1. The molecule has 0 aliphatic heterocycles. The quantitative estimate of drug-likeness (QED) is 0.827. The van der Waals surface area contributed by atoms with Gasteiger partial charge in [-0.15, -0.1) is 0 Å². The van der Waals surface area contributed by atoms with Gasteiger partial charge in [-0.3, -0.25) is 0 Å². The van der Waals surface area contributed by atoms with Crippen LogP contribution < -0.4 is 10.2 Å². The average Bonchev–Trinajstić information content (AvgIpc) is 3.22. The largest absolute Gasteiger partial charge is 0.383 e. The van der Waals surface area contributed by atoms with E-state index < -0.39 is 0 Å². The molecule has 4 heteroatoms. The molecule has 0 saturated heterocycles. The lowest BCUT2D eigenvalue weighted by Crippen LogP contribution is -2.28. The molecule has 0 spiro atoms. The van der Waals surface area contributed by atoms with Gasteiger partial charge in [0.05, 0.1) is 18.3 Å². The molecule has 1 N–H and O–H groups in total. The van der Waals surface area contributed by atoms with E-state index >= 15 is 0 Å². The SMILES string of the molecule is COCC(Nc1ccc(N(C)C(C)C)c(F)c1)C1CC1. The van der Waals surface area contributed by atoms with Gasteiger partial charge in [0.15, 0.2) is 0 Å². The van der Waals surface area contributed by atoms with Crippen molar-refractivity contribution in [3.05, 3.63) is 24.0 Å². The average molecular weight is 280 g/mol. The second-order valence-electron chi connectivity index (χ2n) is 5.91. The lowest BCUT2D eigenvalue weighted by atomic mass is 10.1. The second-order valence-corrected chi connectivity index (χ2v) is 5.91. The molecule has 1 aromatic rings. The third-order valence-corrected chi connectivity index (χ3v) is 3.99. The van der Waals surface area contributed by atoms with Gasteiger partial charge in [0.1, 0.15) is 5.82 Å². The van der Waals surface area contributed by atoms with Gasteiger partial charge in [0.25, 0.3) is 0 Å². The topological polar surface area (TPSA) is 24.5 Å². The van der Waals surface area contributed by atoms with Crippen LogP contribution in [-0.2, 0) is 4.74 Å². The summed E-state index contributed by atoms with van der Waals surface area (Å²) in [6, 6.07) is 5.93. The van der Waals surface area contributed by atoms with Gasteiger partial charge >= 0.3 is 0 Å². The van der Waals surface area contributed by atoms with Crippen LogP contribution in [0.25, 0.3) is 0 Å². The number of nitrogens with one attached hydrogen (secondary N) is 1. The molecule has 0 amide bonds. The first-order valence-electron chi connectivity index (χ1n) is 7.30. The summed E-state index contributed by atoms with van der Waals surface area (Å²) in [7, 11) is 3.62. The molecule has 2 rings (SSSR count). The van der Waals surface area contributed by atoms with Gasteiger partial charge in [-0.05, 0) is 50.8 Å². The van der Waals surface area contributed by atoms with E-state index in [2.05, 4.69) is 5.32 Å². The molecule has 1 fully saturated rings. The Balaban J connectivity index is 2.08.